The lowest BCUT2D eigenvalue weighted by Crippen LogP contribution is -2.07. The molecule has 3 aromatic rings. The van der Waals surface area contributed by atoms with Gasteiger partial charge in [0.05, 0.1) is 11.4 Å². The normalized spacial score (nSPS) is 13.9. The number of benzene rings is 2. The molecule has 24 heavy (non-hydrogen) atoms. The number of nitrogens with one attached hydrogen (secondary N) is 1. The Kier molecular flexibility index (Phi) is 4.10. The van der Waals surface area contributed by atoms with Crippen molar-refractivity contribution in [3.05, 3.63) is 64.4 Å². The molecule has 0 atom stereocenters. The molecule has 122 valence electrons. The molecule has 0 bridgehead atoms. The zero-order valence-electron chi connectivity index (χ0n) is 13.1. The highest BCUT2D eigenvalue weighted by molar-refractivity contribution is 9.10. The van der Waals surface area contributed by atoms with Crippen LogP contribution in [0, 0.1) is 5.82 Å². The Bertz CT molecular complexity index is 871. The van der Waals surface area contributed by atoms with Crippen LogP contribution < -0.4 is 5.32 Å². The number of hydrogen-bond acceptors (Lipinski definition) is 2. The van der Waals surface area contributed by atoms with Crippen LogP contribution >= 0.6 is 15.9 Å². The average molecular weight is 386 g/mol. The summed E-state index contributed by atoms with van der Waals surface area (Å²) in [5.74, 6) is 0.819. The number of halogens is 2. The van der Waals surface area contributed by atoms with Crippen LogP contribution in [0.3, 0.4) is 0 Å². The molecule has 4 rings (SSSR count). The van der Waals surface area contributed by atoms with Crippen molar-refractivity contribution in [1.29, 1.82) is 0 Å². The summed E-state index contributed by atoms with van der Waals surface area (Å²) in [5.41, 5.74) is 4.09. The van der Waals surface area contributed by atoms with E-state index in [0.717, 1.165) is 53.0 Å². The molecule has 0 amide bonds. The highest BCUT2D eigenvalue weighted by atomic mass is 79.9. The molecule has 0 saturated heterocycles. The molecular weight excluding hydrogens is 369 g/mol. The lowest BCUT2D eigenvalue weighted by Gasteiger charge is -2.09. The second-order valence-corrected chi connectivity index (χ2v) is 6.87. The van der Waals surface area contributed by atoms with Gasteiger partial charge in [-0.25, -0.2) is 9.07 Å². The van der Waals surface area contributed by atoms with Gasteiger partial charge in [-0.2, -0.15) is 5.10 Å². The van der Waals surface area contributed by atoms with Crippen LogP contribution in [0.1, 0.15) is 18.4 Å². The van der Waals surface area contributed by atoms with Crippen molar-refractivity contribution in [2.75, 3.05) is 11.9 Å². The Labute approximate surface area is 148 Å². The monoisotopic (exact) mass is 385 g/mol. The smallest absolute Gasteiger partial charge is 0.133 e. The van der Waals surface area contributed by atoms with E-state index < -0.39 is 0 Å². The Balaban J connectivity index is 1.90. The molecule has 1 N–H and O–H groups in total. The molecule has 0 saturated carbocycles. The van der Waals surface area contributed by atoms with Crippen LogP contribution in [0.25, 0.3) is 16.9 Å². The predicted octanol–water partition coefficient (Wildman–Crippen LogP) is 5.19. The molecule has 5 heteroatoms. The standard InChI is InChI=1S/C19H17BrFN3/c20-14-4-3-5-16(12-14)24-19-17(6-1-2-11-22-19)18(23-24)13-7-9-15(21)10-8-13/h3-5,7-10,12,22H,1-2,6,11H2. The molecular formula is C19H17BrFN3. The number of anilines is 1. The van der Waals surface area contributed by atoms with E-state index in [1.165, 1.54) is 17.7 Å². The number of rotatable bonds is 2. The fourth-order valence-corrected chi connectivity index (χ4v) is 3.52. The first-order chi connectivity index (χ1) is 11.7. The van der Waals surface area contributed by atoms with E-state index >= 15 is 0 Å². The summed E-state index contributed by atoms with van der Waals surface area (Å²) >= 11 is 3.53. The van der Waals surface area contributed by atoms with E-state index in [4.69, 9.17) is 5.10 Å². The first kappa shape index (κ1) is 15.4. The van der Waals surface area contributed by atoms with Crippen LogP contribution in [-0.2, 0) is 6.42 Å². The molecule has 3 nitrogen and oxygen atoms in total. The van der Waals surface area contributed by atoms with Gasteiger partial charge in [0.25, 0.3) is 0 Å². The lowest BCUT2D eigenvalue weighted by molar-refractivity contribution is 0.628. The Morgan fingerprint density at radius 1 is 1.08 bits per heavy atom. The number of aromatic nitrogens is 2. The molecule has 2 aromatic carbocycles. The molecule has 1 aromatic heterocycles. The van der Waals surface area contributed by atoms with Gasteiger partial charge in [0, 0.05) is 22.1 Å². The molecule has 1 aliphatic rings. The van der Waals surface area contributed by atoms with E-state index in [1.54, 1.807) is 12.1 Å². The van der Waals surface area contributed by atoms with Crippen LogP contribution in [0.15, 0.2) is 53.0 Å². The minimum absolute atomic E-state index is 0.227. The van der Waals surface area contributed by atoms with E-state index in [-0.39, 0.29) is 5.82 Å². The zero-order valence-corrected chi connectivity index (χ0v) is 14.7. The maximum absolute atomic E-state index is 13.3. The SMILES string of the molecule is Fc1ccc(-c2nn(-c3cccc(Br)c3)c3c2CCCCN3)cc1. The summed E-state index contributed by atoms with van der Waals surface area (Å²) in [6.45, 7) is 0.940. The first-order valence-electron chi connectivity index (χ1n) is 8.10. The quantitative estimate of drug-likeness (QED) is 0.657. The van der Waals surface area contributed by atoms with E-state index in [1.807, 2.05) is 28.9 Å². The summed E-state index contributed by atoms with van der Waals surface area (Å²) < 4.78 is 16.3. The van der Waals surface area contributed by atoms with Gasteiger partial charge in [-0.1, -0.05) is 22.0 Å². The highest BCUT2D eigenvalue weighted by Gasteiger charge is 2.21. The molecule has 0 spiro atoms. The largest absolute Gasteiger partial charge is 0.370 e. The van der Waals surface area contributed by atoms with Crippen molar-refractivity contribution in [2.45, 2.75) is 19.3 Å². The average Bonchev–Trinajstić information content (AvgIpc) is 2.77. The van der Waals surface area contributed by atoms with Gasteiger partial charge in [-0.15, -0.1) is 0 Å². The molecule has 0 unspecified atom stereocenters. The van der Waals surface area contributed by atoms with Gasteiger partial charge >= 0.3 is 0 Å². The lowest BCUT2D eigenvalue weighted by atomic mass is 10.0. The van der Waals surface area contributed by atoms with Gasteiger partial charge < -0.3 is 5.32 Å². The highest BCUT2D eigenvalue weighted by Crippen LogP contribution is 2.34. The summed E-state index contributed by atoms with van der Waals surface area (Å²) in [4.78, 5) is 0. The maximum atomic E-state index is 13.3. The molecule has 0 radical (unpaired) electrons. The maximum Gasteiger partial charge on any atom is 0.133 e. The predicted molar refractivity (Wildman–Crippen MR) is 98.1 cm³/mol. The fraction of sp³-hybridized carbons (Fsp3) is 0.211. The first-order valence-corrected chi connectivity index (χ1v) is 8.89. The summed E-state index contributed by atoms with van der Waals surface area (Å²) in [5, 5.41) is 8.38. The summed E-state index contributed by atoms with van der Waals surface area (Å²) in [6.07, 6.45) is 3.23. The summed E-state index contributed by atoms with van der Waals surface area (Å²) in [7, 11) is 0. The zero-order chi connectivity index (χ0) is 16.5. The minimum atomic E-state index is -0.227. The van der Waals surface area contributed by atoms with E-state index in [9.17, 15) is 4.39 Å². The van der Waals surface area contributed by atoms with Crippen LogP contribution in [0.5, 0.6) is 0 Å². The van der Waals surface area contributed by atoms with Gasteiger partial charge in [0.15, 0.2) is 0 Å². The van der Waals surface area contributed by atoms with E-state index in [0.29, 0.717) is 0 Å². The van der Waals surface area contributed by atoms with Crippen molar-refractivity contribution in [1.82, 2.24) is 9.78 Å². The molecule has 0 aliphatic carbocycles. The third kappa shape index (κ3) is 2.84. The van der Waals surface area contributed by atoms with Crippen molar-refractivity contribution in [3.8, 4) is 16.9 Å². The third-order valence-electron chi connectivity index (χ3n) is 4.30. The van der Waals surface area contributed by atoms with Crippen LogP contribution in [0.2, 0.25) is 0 Å². The third-order valence-corrected chi connectivity index (χ3v) is 4.79. The Morgan fingerprint density at radius 3 is 2.71 bits per heavy atom. The Hall–Kier alpha value is -2.14. The summed E-state index contributed by atoms with van der Waals surface area (Å²) in [6, 6.07) is 14.7. The van der Waals surface area contributed by atoms with Gasteiger partial charge in [-0.3, -0.25) is 0 Å². The topological polar surface area (TPSA) is 29.9 Å². The van der Waals surface area contributed by atoms with Gasteiger partial charge in [-0.05, 0) is 61.7 Å². The fourth-order valence-electron chi connectivity index (χ4n) is 3.14. The van der Waals surface area contributed by atoms with Gasteiger partial charge in [0.2, 0.25) is 0 Å². The number of fused-ring (bicyclic) bond motifs is 1. The molecule has 0 fully saturated rings. The molecule has 1 aliphatic heterocycles. The van der Waals surface area contributed by atoms with Crippen molar-refractivity contribution in [2.24, 2.45) is 0 Å². The van der Waals surface area contributed by atoms with Crippen LogP contribution in [0.4, 0.5) is 10.2 Å². The van der Waals surface area contributed by atoms with Crippen molar-refractivity contribution < 1.29 is 4.39 Å². The molecule has 2 heterocycles. The number of hydrogen-bond donors (Lipinski definition) is 1. The van der Waals surface area contributed by atoms with Crippen molar-refractivity contribution >= 4 is 21.7 Å². The Morgan fingerprint density at radius 2 is 1.92 bits per heavy atom. The van der Waals surface area contributed by atoms with Crippen molar-refractivity contribution in [3.63, 3.8) is 0 Å². The van der Waals surface area contributed by atoms with Gasteiger partial charge in [0.1, 0.15) is 11.6 Å². The second-order valence-electron chi connectivity index (χ2n) is 5.96. The van der Waals surface area contributed by atoms with E-state index in [2.05, 4.69) is 21.2 Å². The number of nitrogens with zero attached hydrogens (tertiary/aromatic N) is 2. The van der Waals surface area contributed by atoms with Crippen LogP contribution in [-0.4, -0.2) is 16.3 Å². The minimum Gasteiger partial charge on any atom is -0.370 e. The second kappa shape index (κ2) is 6.40.